The Morgan fingerprint density at radius 3 is 2.41 bits per heavy atom. The van der Waals surface area contributed by atoms with E-state index < -0.39 is 11.6 Å². The van der Waals surface area contributed by atoms with Gasteiger partial charge in [0.15, 0.2) is 12.2 Å². The topological polar surface area (TPSA) is 3.88 Å². The molecule has 1 aromatic carbocycles. The summed E-state index contributed by atoms with van der Waals surface area (Å²) in [5.74, 6) is -1.02. The molecule has 2 aromatic rings. The molecule has 0 spiro atoms. The summed E-state index contributed by atoms with van der Waals surface area (Å²) in [6, 6.07) is 3.73. The smallest absolute Gasteiger partial charge is 0.207 e. The van der Waals surface area contributed by atoms with Crippen molar-refractivity contribution in [2.24, 2.45) is 0 Å². The van der Waals surface area contributed by atoms with Crippen molar-refractivity contribution in [2.75, 3.05) is 0 Å². The highest BCUT2D eigenvalue weighted by Crippen LogP contribution is 2.16. The van der Waals surface area contributed by atoms with E-state index in [2.05, 4.69) is 4.57 Å². The third-order valence-electron chi connectivity index (χ3n) is 2.94. The lowest BCUT2D eigenvalue weighted by molar-refractivity contribution is -0.695. The molecular formula is C13H14F2NS+. The second-order valence-corrected chi connectivity index (χ2v) is 5.49. The van der Waals surface area contributed by atoms with Crippen molar-refractivity contribution in [1.29, 1.82) is 0 Å². The van der Waals surface area contributed by atoms with E-state index >= 15 is 0 Å². The molecule has 1 aromatic heterocycles. The average molecular weight is 254 g/mol. The average Bonchev–Trinajstić information content (AvgIpc) is 2.48. The molecule has 0 aliphatic rings. The maximum absolute atomic E-state index is 13.6. The first-order chi connectivity index (χ1) is 7.99. The number of thiazole rings is 1. The Hall–Kier alpha value is -1.29. The van der Waals surface area contributed by atoms with Gasteiger partial charge in [-0.05, 0) is 19.1 Å². The Kier molecular flexibility index (Phi) is 3.24. The van der Waals surface area contributed by atoms with Crippen molar-refractivity contribution < 1.29 is 13.3 Å². The van der Waals surface area contributed by atoms with Gasteiger partial charge in [-0.15, -0.1) is 0 Å². The van der Waals surface area contributed by atoms with Gasteiger partial charge in [0.1, 0.15) is 11.6 Å². The Labute approximate surface area is 103 Å². The zero-order chi connectivity index (χ0) is 12.6. The zero-order valence-electron chi connectivity index (χ0n) is 10.1. The SMILES string of the molecule is Cc1sc(C)[n+](Cc2ccc(F)cc2F)c1C. The minimum atomic E-state index is -0.536. The van der Waals surface area contributed by atoms with Gasteiger partial charge in [-0.3, -0.25) is 0 Å². The monoisotopic (exact) mass is 254 g/mol. The van der Waals surface area contributed by atoms with Crippen LogP contribution in [0.2, 0.25) is 0 Å². The standard InChI is InChI=1S/C13H14F2NS/c1-8-9(2)17-10(3)16(8)7-11-4-5-12(14)6-13(11)15/h4-6H,7H2,1-3H3/q+1. The van der Waals surface area contributed by atoms with Gasteiger partial charge in [0.05, 0.1) is 10.4 Å². The molecule has 0 saturated heterocycles. The van der Waals surface area contributed by atoms with E-state index in [1.807, 2.05) is 20.8 Å². The first kappa shape index (κ1) is 12.2. The Bertz CT molecular complexity index is 561. The van der Waals surface area contributed by atoms with Gasteiger partial charge in [0.2, 0.25) is 5.01 Å². The summed E-state index contributed by atoms with van der Waals surface area (Å²) in [5.41, 5.74) is 1.65. The lowest BCUT2D eigenvalue weighted by Gasteiger charge is -2.01. The first-order valence-electron chi connectivity index (χ1n) is 5.39. The fourth-order valence-electron chi connectivity index (χ4n) is 1.83. The second kappa shape index (κ2) is 4.53. The van der Waals surface area contributed by atoms with Crippen molar-refractivity contribution in [3.8, 4) is 0 Å². The van der Waals surface area contributed by atoms with Gasteiger partial charge in [0.25, 0.3) is 0 Å². The number of aromatic nitrogens is 1. The fraction of sp³-hybridized carbons (Fsp3) is 0.308. The first-order valence-corrected chi connectivity index (χ1v) is 6.21. The molecule has 0 aliphatic heterocycles. The molecule has 90 valence electrons. The number of hydrogen-bond acceptors (Lipinski definition) is 1. The van der Waals surface area contributed by atoms with Crippen LogP contribution in [-0.4, -0.2) is 0 Å². The molecule has 1 nitrogen and oxygen atoms in total. The lowest BCUT2D eigenvalue weighted by Crippen LogP contribution is -2.38. The van der Waals surface area contributed by atoms with Crippen molar-refractivity contribution in [3.05, 3.63) is 51.0 Å². The van der Waals surface area contributed by atoms with Gasteiger partial charge >= 0.3 is 0 Å². The maximum Gasteiger partial charge on any atom is 0.234 e. The van der Waals surface area contributed by atoms with Gasteiger partial charge in [-0.1, -0.05) is 11.3 Å². The van der Waals surface area contributed by atoms with Crippen LogP contribution in [0.5, 0.6) is 0 Å². The molecule has 0 saturated carbocycles. The summed E-state index contributed by atoms with van der Waals surface area (Å²) < 4.78 is 28.4. The van der Waals surface area contributed by atoms with E-state index in [9.17, 15) is 8.78 Å². The summed E-state index contributed by atoms with van der Waals surface area (Å²) in [7, 11) is 0. The van der Waals surface area contributed by atoms with Crippen molar-refractivity contribution in [1.82, 2.24) is 0 Å². The van der Waals surface area contributed by atoms with Crippen LogP contribution in [0.4, 0.5) is 8.78 Å². The molecular weight excluding hydrogens is 240 g/mol. The Morgan fingerprint density at radius 1 is 1.18 bits per heavy atom. The number of hydrogen-bond donors (Lipinski definition) is 0. The van der Waals surface area contributed by atoms with E-state index in [1.165, 1.54) is 17.0 Å². The van der Waals surface area contributed by atoms with Crippen LogP contribution >= 0.6 is 11.3 Å². The molecule has 0 N–H and O–H groups in total. The lowest BCUT2D eigenvalue weighted by atomic mass is 10.2. The number of rotatable bonds is 2. The number of benzene rings is 1. The van der Waals surface area contributed by atoms with Crippen molar-refractivity contribution in [3.63, 3.8) is 0 Å². The number of nitrogens with zero attached hydrogens (tertiary/aromatic N) is 1. The summed E-state index contributed by atoms with van der Waals surface area (Å²) in [5, 5.41) is 1.13. The predicted octanol–water partition coefficient (Wildman–Crippen LogP) is 3.29. The highest BCUT2D eigenvalue weighted by molar-refractivity contribution is 7.11. The number of halogens is 2. The molecule has 0 atom stereocenters. The normalized spacial score (nSPS) is 10.9. The van der Waals surface area contributed by atoms with Crippen LogP contribution in [0.1, 0.15) is 21.1 Å². The molecule has 17 heavy (non-hydrogen) atoms. The molecule has 0 unspecified atom stereocenters. The van der Waals surface area contributed by atoms with E-state index in [4.69, 9.17) is 0 Å². The van der Waals surface area contributed by atoms with Crippen LogP contribution in [0.15, 0.2) is 18.2 Å². The van der Waals surface area contributed by atoms with Gasteiger partial charge in [-0.25, -0.2) is 8.78 Å². The summed E-state index contributed by atoms with van der Waals surface area (Å²) >= 11 is 1.69. The van der Waals surface area contributed by atoms with Gasteiger partial charge < -0.3 is 0 Å². The molecule has 0 aliphatic carbocycles. The van der Waals surface area contributed by atoms with Crippen molar-refractivity contribution in [2.45, 2.75) is 27.3 Å². The third-order valence-corrected chi connectivity index (χ3v) is 4.06. The molecule has 0 amide bonds. The zero-order valence-corrected chi connectivity index (χ0v) is 10.9. The summed E-state index contributed by atoms with van der Waals surface area (Å²) in [4.78, 5) is 1.23. The number of aryl methyl sites for hydroxylation is 2. The van der Waals surface area contributed by atoms with Crippen LogP contribution < -0.4 is 4.57 Å². The van der Waals surface area contributed by atoms with E-state index in [-0.39, 0.29) is 0 Å². The predicted molar refractivity (Wildman–Crippen MR) is 64.2 cm³/mol. The van der Waals surface area contributed by atoms with Crippen molar-refractivity contribution >= 4 is 11.3 Å². The summed E-state index contributed by atoms with van der Waals surface area (Å²) in [6.45, 7) is 6.52. The highest BCUT2D eigenvalue weighted by Gasteiger charge is 2.19. The summed E-state index contributed by atoms with van der Waals surface area (Å²) in [6.07, 6.45) is 0. The molecule has 2 rings (SSSR count). The fourth-order valence-corrected chi connectivity index (χ4v) is 2.84. The molecule has 1 heterocycles. The molecule has 4 heteroatoms. The molecule has 0 bridgehead atoms. The largest absolute Gasteiger partial charge is 0.234 e. The maximum atomic E-state index is 13.6. The van der Waals surface area contributed by atoms with E-state index in [0.717, 1.165) is 16.8 Å². The molecule has 0 radical (unpaired) electrons. The van der Waals surface area contributed by atoms with E-state index in [0.29, 0.717) is 12.1 Å². The third kappa shape index (κ3) is 2.36. The van der Waals surface area contributed by atoms with Crippen LogP contribution in [0, 0.1) is 32.4 Å². The molecule has 0 fully saturated rings. The second-order valence-electron chi connectivity index (χ2n) is 4.08. The Balaban J connectivity index is 2.38. The van der Waals surface area contributed by atoms with Crippen LogP contribution in [0.25, 0.3) is 0 Å². The van der Waals surface area contributed by atoms with Crippen LogP contribution in [-0.2, 0) is 6.54 Å². The highest BCUT2D eigenvalue weighted by atomic mass is 32.1. The minimum Gasteiger partial charge on any atom is -0.207 e. The van der Waals surface area contributed by atoms with Crippen LogP contribution in [0.3, 0.4) is 0 Å². The van der Waals surface area contributed by atoms with Gasteiger partial charge in [-0.2, -0.15) is 4.57 Å². The minimum absolute atomic E-state index is 0.452. The quantitative estimate of drug-likeness (QED) is 0.724. The Morgan fingerprint density at radius 2 is 1.88 bits per heavy atom. The van der Waals surface area contributed by atoms with Gasteiger partial charge in [0, 0.05) is 19.9 Å². The van der Waals surface area contributed by atoms with E-state index in [1.54, 1.807) is 11.3 Å².